The van der Waals surface area contributed by atoms with E-state index in [9.17, 15) is 4.79 Å². The zero-order valence-electron chi connectivity index (χ0n) is 16.9. The molecule has 28 heavy (non-hydrogen) atoms. The zero-order chi connectivity index (χ0) is 20.3. The summed E-state index contributed by atoms with van der Waals surface area (Å²) in [6, 6.07) is 7.72. The van der Waals surface area contributed by atoms with E-state index in [1.165, 1.54) is 0 Å². The molecule has 1 amide bonds. The first-order valence-electron chi connectivity index (χ1n) is 9.30. The molecule has 3 aromatic rings. The molecule has 3 rings (SSSR count). The van der Waals surface area contributed by atoms with Crippen LogP contribution in [0.3, 0.4) is 0 Å². The average Bonchev–Trinajstić information content (AvgIpc) is 3.21. The molecule has 0 bridgehead atoms. The maximum absolute atomic E-state index is 12.7. The number of aryl methyl sites for hydroxylation is 3. The molecule has 7 heteroatoms. The third-order valence-corrected chi connectivity index (χ3v) is 4.74. The van der Waals surface area contributed by atoms with E-state index in [1.807, 2.05) is 58.2 Å². The molecule has 0 saturated heterocycles. The highest BCUT2D eigenvalue weighted by Gasteiger charge is 2.22. The lowest BCUT2D eigenvalue weighted by Gasteiger charge is -2.14. The van der Waals surface area contributed by atoms with Gasteiger partial charge in [-0.15, -0.1) is 0 Å². The number of carbonyl (C=O) groups is 1. The standard InChI is InChI=1S/C21H26N4O3/c1-13-7-6-8-19(16(13)4)27-12-18-17(5)28-24-20(18)21(26)22-15(3)11-25-10-9-14(2)23-25/h6-10,15H,11-12H2,1-5H3,(H,22,26). The smallest absolute Gasteiger partial charge is 0.274 e. The molecule has 1 N–H and O–H groups in total. The molecular weight excluding hydrogens is 356 g/mol. The van der Waals surface area contributed by atoms with Gasteiger partial charge in [-0.1, -0.05) is 17.3 Å². The monoisotopic (exact) mass is 382 g/mol. The Balaban J connectivity index is 1.67. The molecule has 0 aliphatic carbocycles. The first kappa shape index (κ1) is 19.7. The minimum atomic E-state index is -0.284. The lowest BCUT2D eigenvalue weighted by atomic mass is 10.1. The molecule has 2 aromatic heterocycles. The highest BCUT2D eigenvalue weighted by Crippen LogP contribution is 2.23. The van der Waals surface area contributed by atoms with E-state index in [2.05, 4.69) is 15.6 Å². The van der Waals surface area contributed by atoms with Crippen LogP contribution in [0.1, 0.15) is 45.6 Å². The quantitative estimate of drug-likeness (QED) is 0.676. The van der Waals surface area contributed by atoms with Gasteiger partial charge in [0.25, 0.3) is 5.91 Å². The van der Waals surface area contributed by atoms with Crippen LogP contribution in [-0.4, -0.2) is 26.9 Å². The highest BCUT2D eigenvalue weighted by atomic mass is 16.5. The highest BCUT2D eigenvalue weighted by molar-refractivity contribution is 5.93. The predicted octanol–water partition coefficient (Wildman–Crippen LogP) is 3.50. The van der Waals surface area contributed by atoms with E-state index in [0.717, 1.165) is 22.6 Å². The number of carbonyl (C=O) groups excluding carboxylic acids is 1. The minimum absolute atomic E-state index is 0.114. The lowest BCUT2D eigenvalue weighted by Crippen LogP contribution is -2.36. The number of hydrogen-bond acceptors (Lipinski definition) is 5. The van der Waals surface area contributed by atoms with Crippen molar-refractivity contribution in [3.05, 3.63) is 64.3 Å². The topological polar surface area (TPSA) is 82.2 Å². The molecule has 0 fully saturated rings. The van der Waals surface area contributed by atoms with E-state index >= 15 is 0 Å². The molecule has 0 radical (unpaired) electrons. The van der Waals surface area contributed by atoms with Crippen molar-refractivity contribution in [2.24, 2.45) is 0 Å². The molecular formula is C21H26N4O3. The lowest BCUT2D eigenvalue weighted by molar-refractivity contribution is 0.0924. The number of aromatic nitrogens is 3. The van der Waals surface area contributed by atoms with Crippen LogP contribution >= 0.6 is 0 Å². The fourth-order valence-electron chi connectivity index (χ4n) is 2.95. The zero-order valence-corrected chi connectivity index (χ0v) is 16.9. The summed E-state index contributed by atoms with van der Waals surface area (Å²) < 4.78 is 13.0. The normalized spacial score (nSPS) is 12.0. The van der Waals surface area contributed by atoms with Crippen LogP contribution in [0.2, 0.25) is 0 Å². The predicted molar refractivity (Wildman–Crippen MR) is 105 cm³/mol. The third kappa shape index (κ3) is 4.42. The summed E-state index contributed by atoms with van der Waals surface area (Å²) >= 11 is 0. The Kier molecular flexibility index (Phi) is 5.82. The van der Waals surface area contributed by atoms with Gasteiger partial charge >= 0.3 is 0 Å². The second-order valence-electron chi connectivity index (χ2n) is 7.11. The van der Waals surface area contributed by atoms with Gasteiger partial charge in [-0.3, -0.25) is 9.48 Å². The second kappa shape index (κ2) is 8.29. The Bertz CT molecular complexity index is 974. The maximum atomic E-state index is 12.7. The molecule has 1 atom stereocenters. The summed E-state index contributed by atoms with van der Waals surface area (Å²) in [5.41, 5.74) is 4.08. The number of nitrogens with zero attached hydrogens (tertiary/aromatic N) is 3. The molecule has 148 valence electrons. The van der Waals surface area contributed by atoms with Crippen molar-refractivity contribution in [1.82, 2.24) is 20.3 Å². The SMILES string of the molecule is Cc1ccn(CC(C)NC(=O)c2noc(C)c2COc2cccc(C)c2C)n1. The molecule has 0 aliphatic heterocycles. The van der Waals surface area contributed by atoms with E-state index in [0.29, 0.717) is 17.9 Å². The van der Waals surface area contributed by atoms with E-state index < -0.39 is 0 Å². The van der Waals surface area contributed by atoms with Gasteiger partial charge in [-0.05, 0) is 57.9 Å². The van der Waals surface area contributed by atoms with Crippen LogP contribution < -0.4 is 10.1 Å². The van der Waals surface area contributed by atoms with E-state index in [-0.39, 0.29) is 24.2 Å². The van der Waals surface area contributed by atoms with Gasteiger partial charge < -0.3 is 14.6 Å². The molecule has 1 unspecified atom stereocenters. The van der Waals surface area contributed by atoms with Crippen LogP contribution in [0.25, 0.3) is 0 Å². The summed E-state index contributed by atoms with van der Waals surface area (Å²) in [6.07, 6.45) is 1.89. The van der Waals surface area contributed by atoms with Crippen molar-refractivity contribution in [1.29, 1.82) is 0 Å². The average molecular weight is 382 g/mol. The fraction of sp³-hybridized carbons (Fsp3) is 0.381. The van der Waals surface area contributed by atoms with Gasteiger partial charge in [0.15, 0.2) is 5.69 Å². The first-order valence-corrected chi connectivity index (χ1v) is 9.30. The van der Waals surface area contributed by atoms with Crippen molar-refractivity contribution < 1.29 is 14.1 Å². The van der Waals surface area contributed by atoms with Crippen molar-refractivity contribution in [2.75, 3.05) is 0 Å². The summed E-state index contributed by atoms with van der Waals surface area (Å²) in [4.78, 5) is 12.7. The summed E-state index contributed by atoms with van der Waals surface area (Å²) in [5.74, 6) is 1.08. The number of ether oxygens (including phenoxy) is 1. The number of nitrogens with one attached hydrogen (secondary N) is 1. The maximum Gasteiger partial charge on any atom is 0.274 e. The Morgan fingerprint density at radius 3 is 2.75 bits per heavy atom. The number of benzene rings is 1. The number of amides is 1. The molecule has 1 aromatic carbocycles. The second-order valence-corrected chi connectivity index (χ2v) is 7.11. The molecule has 0 spiro atoms. The van der Waals surface area contributed by atoms with E-state index in [1.54, 1.807) is 11.6 Å². The van der Waals surface area contributed by atoms with Crippen LogP contribution in [0.15, 0.2) is 35.0 Å². The van der Waals surface area contributed by atoms with Crippen molar-refractivity contribution in [3.8, 4) is 5.75 Å². The molecule has 0 aliphatic rings. The van der Waals surface area contributed by atoms with Gasteiger partial charge in [0.05, 0.1) is 17.8 Å². The van der Waals surface area contributed by atoms with Crippen LogP contribution in [-0.2, 0) is 13.2 Å². The summed E-state index contributed by atoms with van der Waals surface area (Å²) in [6.45, 7) is 10.5. The van der Waals surface area contributed by atoms with Gasteiger partial charge in [-0.25, -0.2) is 0 Å². The minimum Gasteiger partial charge on any atom is -0.488 e. The largest absolute Gasteiger partial charge is 0.488 e. The van der Waals surface area contributed by atoms with Crippen LogP contribution in [0.4, 0.5) is 0 Å². The van der Waals surface area contributed by atoms with Crippen LogP contribution in [0, 0.1) is 27.7 Å². The Hall–Kier alpha value is -3.09. The van der Waals surface area contributed by atoms with Gasteiger partial charge in [0.2, 0.25) is 0 Å². The summed E-state index contributed by atoms with van der Waals surface area (Å²) in [5, 5.41) is 11.2. The van der Waals surface area contributed by atoms with Crippen molar-refractivity contribution in [3.63, 3.8) is 0 Å². The first-order chi connectivity index (χ1) is 13.3. The molecule has 2 heterocycles. The van der Waals surface area contributed by atoms with Crippen molar-refractivity contribution >= 4 is 5.91 Å². The van der Waals surface area contributed by atoms with Crippen molar-refractivity contribution in [2.45, 2.75) is 53.8 Å². The van der Waals surface area contributed by atoms with Gasteiger partial charge in [0.1, 0.15) is 18.1 Å². The van der Waals surface area contributed by atoms with Gasteiger partial charge in [-0.2, -0.15) is 5.10 Å². The van der Waals surface area contributed by atoms with Gasteiger partial charge in [0, 0.05) is 12.2 Å². The Labute approximate surface area is 164 Å². The Morgan fingerprint density at radius 2 is 2.04 bits per heavy atom. The fourth-order valence-corrected chi connectivity index (χ4v) is 2.95. The molecule has 0 saturated carbocycles. The van der Waals surface area contributed by atoms with E-state index in [4.69, 9.17) is 9.26 Å². The summed E-state index contributed by atoms with van der Waals surface area (Å²) in [7, 11) is 0. The molecule has 7 nitrogen and oxygen atoms in total. The van der Waals surface area contributed by atoms with Crippen LogP contribution in [0.5, 0.6) is 5.75 Å². The third-order valence-electron chi connectivity index (χ3n) is 4.74. The number of rotatable bonds is 7. The Morgan fingerprint density at radius 1 is 1.25 bits per heavy atom. The number of hydrogen-bond donors (Lipinski definition) is 1.